The van der Waals surface area contributed by atoms with Crippen LogP contribution in [0, 0.1) is 0 Å². The first kappa shape index (κ1) is 14.3. The summed E-state index contributed by atoms with van der Waals surface area (Å²) in [5, 5.41) is 3.37. The minimum Gasteiger partial charge on any atom is -0.349 e. The van der Waals surface area contributed by atoms with Crippen LogP contribution in [-0.4, -0.2) is 16.8 Å². The quantitative estimate of drug-likeness (QED) is 0.838. The summed E-state index contributed by atoms with van der Waals surface area (Å²) in [6.07, 6.45) is 0.271. The van der Waals surface area contributed by atoms with Gasteiger partial charge in [0.15, 0.2) is 0 Å². The fourth-order valence-electron chi connectivity index (χ4n) is 1.32. The number of rotatable bonds is 4. The zero-order valence-electron chi connectivity index (χ0n) is 10.3. The minimum atomic E-state index is -0.431. The summed E-state index contributed by atoms with van der Waals surface area (Å²) < 4.78 is 0. The number of nitrogens with one attached hydrogen (secondary N) is 1. The van der Waals surface area contributed by atoms with E-state index in [2.05, 4.69) is 5.32 Å². The maximum Gasteiger partial charge on any atom is 0.224 e. The van der Waals surface area contributed by atoms with Crippen molar-refractivity contribution < 1.29 is 4.79 Å². The van der Waals surface area contributed by atoms with E-state index in [-0.39, 0.29) is 17.7 Å². The molecule has 2 nitrogen and oxygen atoms in total. The van der Waals surface area contributed by atoms with Gasteiger partial charge in [0.1, 0.15) is 0 Å². The number of benzene rings is 1. The van der Waals surface area contributed by atoms with Gasteiger partial charge in [-0.15, -0.1) is 11.6 Å². The molecule has 0 aromatic heterocycles. The summed E-state index contributed by atoms with van der Waals surface area (Å²) in [5.41, 5.74) is 0.393. The molecular formula is C13H17Cl2NO. The summed E-state index contributed by atoms with van der Waals surface area (Å²) in [4.78, 5) is 11.9. The lowest BCUT2D eigenvalue weighted by atomic mass is 10.0. The normalized spacial score (nSPS) is 13.2. The first-order chi connectivity index (χ1) is 7.83. The van der Waals surface area contributed by atoms with Crippen molar-refractivity contribution in [3.63, 3.8) is 0 Å². The van der Waals surface area contributed by atoms with E-state index in [0.717, 1.165) is 5.56 Å². The number of halogens is 2. The third kappa shape index (κ3) is 4.21. The van der Waals surface area contributed by atoms with Gasteiger partial charge in [0, 0.05) is 5.02 Å². The molecule has 0 aliphatic carbocycles. The SMILES string of the molecule is CC(Cl)C(C)(C)NC(=O)Cc1ccccc1Cl. The van der Waals surface area contributed by atoms with Crippen LogP contribution < -0.4 is 5.32 Å². The first-order valence-corrected chi connectivity index (χ1v) is 6.33. The average molecular weight is 274 g/mol. The Balaban J connectivity index is 2.66. The van der Waals surface area contributed by atoms with Crippen LogP contribution in [0.15, 0.2) is 24.3 Å². The van der Waals surface area contributed by atoms with E-state index in [1.54, 1.807) is 6.07 Å². The highest BCUT2D eigenvalue weighted by atomic mass is 35.5. The molecule has 1 aromatic carbocycles. The minimum absolute atomic E-state index is 0.0735. The van der Waals surface area contributed by atoms with E-state index in [4.69, 9.17) is 23.2 Å². The van der Waals surface area contributed by atoms with Gasteiger partial charge in [-0.1, -0.05) is 29.8 Å². The molecule has 1 N–H and O–H groups in total. The van der Waals surface area contributed by atoms with Gasteiger partial charge in [0.25, 0.3) is 0 Å². The summed E-state index contributed by atoms with van der Waals surface area (Å²) in [5.74, 6) is -0.0735. The van der Waals surface area contributed by atoms with Gasteiger partial charge in [0.2, 0.25) is 5.91 Å². The molecule has 94 valence electrons. The van der Waals surface area contributed by atoms with E-state index in [1.165, 1.54) is 0 Å². The molecule has 0 aliphatic heterocycles. The van der Waals surface area contributed by atoms with Crippen molar-refractivity contribution in [2.45, 2.75) is 38.1 Å². The molecule has 0 saturated carbocycles. The van der Waals surface area contributed by atoms with Gasteiger partial charge < -0.3 is 5.32 Å². The molecule has 0 bridgehead atoms. The van der Waals surface area contributed by atoms with Gasteiger partial charge >= 0.3 is 0 Å². The van der Waals surface area contributed by atoms with E-state index < -0.39 is 5.54 Å². The van der Waals surface area contributed by atoms with Gasteiger partial charge in [-0.25, -0.2) is 0 Å². The van der Waals surface area contributed by atoms with Crippen molar-refractivity contribution >= 4 is 29.1 Å². The fourth-order valence-corrected chi connectivity index (χ4v) is 1.57. The highest BCUT2D eigenvalue weighted by molar-refractivity contribution is 6.31. The van der Waals surface area contributed by atoms with Crippen LogP contribution >= 0.6 is 23.2 Å². The second-order valence-corrected chi connectivity index (χ2v) is 5.72. The lowest BCUT2D eigenvalue weighted by molar-refractivity contribution is -0.122. The maximum absolute atomic E-state index is 11.9. The Morgan fingerprint density at radius 3 is 2.53 bits per heavy atom. The monoisotopic (exact) mass is 273 g/mol. The molecule has 4 heteroatoms. The van der Waals surface area contributed by atoms with Crippen molar-refractivity contribution in [3.8, 4) is 0 Å². The molecule has 0 spiro atoms. The third-order valence-corrected chi connectivity index (χ3v) is 3.68. The number of alkyl halides is 1. The van der Waals surface area contributed by atoms with Crippen molar-refractivity contribution in [3.05, 3.63) is 34.9 Å². The Bertz CT molecular complexity index is 402. The number of hydrogen-bond donors (Lipinski definition) is 1. The van der Waals surface area contributed by atoms with E-state index in [9.17, 15) is 4.79 Å². The molecule has 1 amide bonds. The second-order valence-electron chi connectivity index (χ2n) is 4.65. The Morgan fingerprint density at radius 2 is 2.00 bits per heavy atom. The van der Waals surface area contributed by atoms with Crippen LogP contribution in [0.25, 0.3) is 0 Å². The predicted octanol–water partition coefficient (Wildman–Crippen LogP) is 3.40. The first-order valence-electron chi connectivity index (χ1n) is 5.51. The molecule has 0 radical (unpaired) electrons. The summed E-state index contributed by atoms with van der Waals surface area (Å²) in [6, 6.07) is 7.33. The van der Waals surface area contributed by atoms with Crippen LogP contribution in [0.3, 0.4) is 0 Å². The van der Waals surface area contributed by atoms with Gasteiger partial charge in [-0.2, -0.15) is 0 Å². The summed E-state index contributed by atoms with van der Waals surface area (Å²) in [6.45, 7) is 5.65. The second kappa shape index (κ2) is 5.74. The Kier molecular flexibility index (Phi) is 4.84. The van der Waals surface area contributed by atoms with Crippen molar-refractivity contribution in [1.82, 2.24) is 5.32 Å². The van der Waals surface area contributed by atoms with Crippen molar-refractivity contribution in [2.75, 3.05) is 0 Å². The average Bonchev–Trinajstić information content (AvgIpc) is 2.20. The predicted molar refractivity (Wildman–Crippen MR) is 72.7 cm³/mol. The van der Waals surface area contributed by atoms with Gasteiger partial charge in [-0.05, 0) is 32.4 Å². The molecule has 1 atom stereocenters. The van der Waals surface area contributed by atoms with Crippen LogP contribution in [0.5, 0.6) is 0 Å². The molecule has 1 unspecified atom stereocenters. The van der Waals surface area contributed by atoms with Crippen LogP contribution in [-0.2, 0) is 11.2 Å². The number of carbonyl (C=O) groups excluding carboxylic acids is 1. The maximum atomic E-state index is 11.9. The molecule has 1 rings (SSSR count). The van der Waals surface area contributed by atoms with Crippen LogP contribution in [0.1, 0.15) is 26.3 Å². The lowest BCUT2D eigenvalue weighted by Crippen LogP contribution is -2.49. The molecule has 0 heterocycles. The molecule has 0 fully saturated rings. The van der Waals surface area contributed by atoms with Gasteiger partial charge in [-0.3, -0.25) is 4.79 Å². The summed E-state index contributed by atoms with van der Waals surface area (Å²) in [7, 11) is 0. The van der Waals surface area contributed by atoms with Crippen molar-refractivity contribution in [2.24, 2.45) is 0 Å². The Hall–Kier alpha value is -0.730. The van der Waals surface area contributed by atoms with E-state index in [1.807, 2.05) is 39.0 Å². The lowest BCUT2D eigenvalue weighted by Gasteiger charge is -2.29. The van der Waals surface area contributed by atoms with E-state index >= 15 is 0 Å². The largest absolute Gasteiger partial charge is 0.349 e. The van der Waals surface area contributed by atoms with Gasteiger partial charge in [0.05, 0.1) is 17.3 Å². The zero-order valence-corrected chi connectivity index (χ0v) is 11.8. The molecule has 0 aliphatic rings. The fraction of sp³-hybridized carbons (Fsp3) is 0.462. The number of amides is 1. The van der Waals surface area contributed by atoms with Crippen LogP contribution in [0.2, 0.25) is 5.02 Å². The molecule has 0 saturated heterocycles. The Morgan fingerprint density at radius 1 is 1.41 bits per heavy atom. The molecule has 1 aromatic rings. The third-order valence-electron chi connectivity index (χ3n) is 2.76. The smallest absolute Gasteiger partial charge is 0.224 e. The Labute approximate surface area is 112 Å². The highest BCUT2D eigenvalue weighted by Crippen LogP contribution is 2.17. The standard InChI is InChI=1S/C13H17Cl2NO/c1-9(14)13(2,3)16-12(17)8-10-6-4-5-7-11(10)15/h4-7,9H,8H2,1-3H3,(H,16,17). The zero-order chi connectivity index (χ0) is 13.1. The molecule has 17 heavy (non-hydrogen) atoms. The summed E-state index contributed by atoms with van der Waals surface area (Å²) >= 11 is 12.0. The van der Waals surface area contributed by atoms with Crippen LogP contribution in [0.4, 0.5) is 0 Å². The van der Waals surface area contributed by atoms with Crippen molar-refractivity contribution in [1.29, 1.82) is 0 Å². The molecular weight excluding hydrogens is 257 g/mol. The number of carbonyl (C=O) groups is 1. The topological polar surface area (TPSA) is 29.1 Å². The number of hydrogen-bond acceptors (Lipinski definition) is 1. The van der Waals surface area contributed by atoms with E-state index in [0.29, 0.717) is 5.02 Å². The highest BCUT2D eigenvalue weighted by Gasteiger charge is 2.26.